The van der Waals surface area contributed by atoms with Gasteiger partial charge in [0.2, 0.25) is 0 Å². The van der Waals surface area contributed by atoms with Crippen molar-refractivity contribution < 1.29 is 4.74 Å². The van der Waals surface area contributed by atoms with Crippen molar-refractivity contribution in [3.05, 3.63) is 29.8 Å². The first-order valence-electron chi connectivity index (χ1n) is 9.19. The first kappa shape index (κ1) is 17.1. The minimum absolute atomic E-state index is 0.183. The van der Waals surface area contributed by atoms with Crippen molar-refractivity contribution in [1.82, 2.24) is 15.5 Å². The van der Waals surface area contributed by atoms with E-state index in [1.807, 2.05) is 19.2 Å². The average molecular weight is 330 g/mol. The van der Waals surface area contributed by atoms with Gasteiger partial charge in [0.1, 0.15) is 11.9 Å². The van der Waals surface area contributed by atoms with Gasteiger partial charge in [-0.1, -0.05) is 24.6 Å². The van der Waals surface area contributed by atoms with Crippen LogP contribution in [0, 0.1) is 0 Å². The number of hydrogen-bond acceptors (Lipinski definition) is 3. The fourth-order valence-corrected chi connectivity index (χ4v) is 3.61. The Morgan fingerprint density at radius 3 is 2.96 bits per heavy atom. The molecule has 2 N–H and O–H groups in total. The van der Waals surface area contributed by atoms with Gasteiger partial charge in [0, 0.05) is 32.6 Å². The first-order chi connectivity index (χ1) is 11.8. The summed E-state index contributed by atoms with van der Waals surface area (Å²) in [6.07, 6.45) is 5.18. The van der Waals surface area contributed by atoms with Crippen molar-refractivity contribution in [3.63, 3.8) is 0 Å². The monoisotopic (exact) mass is 330 g/mol. The maximum atomic E-state index is 5.96. The van der Waals surface area contributed by atoms with Gasteiger partial charge in [-0.15, -0.1) is 0 Å². The van der Waals surface area contributed by atoms with Gasteiger partial charge in [-0.3, -0.25) is 9.89 Å². The lowest BCUT2D eigenvalue weighted by Crippen LogP contribution is -2.46. The zero-order chi connectivity index (χ0) is 16.8. The molecule has 5 nitrogen and oxygen atoms in total. The van der Waals surface area contributed by atoms with Crippen LogP contribution in [-0.4, -0.2) is 56.2 Å². The van der Waals surface area contributed by atoms with Crippen molar-refractivity contribution in [1.29, 1.82) is 0 Å². The molecule has 1 saturated heterocycles. The summed E-state index contributed by atoms with van der Waals surface area (Å²) in [7, 11) is 1.82. The molecule has 0 aliphatic carbocycles. The smallest absolute Gasteiger partial charge is 0.191 e. The fourth-order valence-electron chi connectivity index (χ4n) is 3.61. The number of hydrogen-bond donors (Lipinski definition) is 2. The van der Waals surface area contributed by atoms with E-state index in [0.717, 1.165) is 37.8 Å². The van der Waals surface area contributed by atoms with Gasteiger partial charge in [0.15, 0.2) is 5.96 Å². The maximum Gasteiger partial charge on any atom is 0.191 e. The summed E-state index contributed by atoms with van der Waals surface area (Å²) in [6.45, 7) is 6.34. The van der Waals surface area contributed by atoms with Gasteiger partial charge >= 0.3 is 0 Å². The van der Waals surface area contributed by atoms with E-state index in [0.29, 0.717) is 6.04 Å². The second kappa shape index (κ2) is 8.38. The third-order valence-corrected chi connectivity index (χ3v) is 5.07. The van der Waals surface area contributed by atoms with Crippen molar-refractivity contribution in [2.75, 3.05) is 33.2 Å². The van der Waals surface area contributed by atoms with Crippen molar-refractivity contribution in [3.8, 4) is 5.75 Å². The molecule has 0 aromatic heterocycles. The number of likely N-dealkylation sites (tertiary alicyclic amines) is 1. The molecule has 132 valence electrons. The molecule has 2 aliphatic rings. The van der Waals surface area contributed by atoms with Crippen LogP contribution in [0.1, 0.15) is 31.7 Å². The number of rotatable bonds is 5. The molecule has 3 rings (SSSR count). The van der Waals surface area contributed by atoms with Crippen molar-refractivity contribution >= 4 is 5.96 Å². The lowest BCUT2D eigenvalue weighted by atomic mass is 10.0. The molecule has 1 aromatic rings. The maximum absolute atomic E-state index is 5.96. The van der Waals surface area contributed by atoms with Gasteiger partial charge in [-0.2, -0.15) is 0 Å². The zero-order valence-electron chi connectivity index (χ0n) is 14.9. The van der Waals surface area contributed by atoms with Crippen LogP contribution in [0.15, 0.2) is 29.3 Å². The van der Waals surface area contributed by atoms with Crippen LogP contribution in [0.4, 0.5) is 0 Å². The summed E-state index contributed by atoms with van der Waals surface area (Å²) in [5.41, 5.74) is 1.30. The van der Waals surface area contributed by atoms with Gasteiger partial charge in [0.25, 0.3) is 0 Å². The largest absolute Gasteiger partial charge is 0.488 e. The molecule has 2 atom stereocenters. The van der Waals surface area contributed by atoms with E-state index >= 15 is 0 Å². The van der Waals surface area contributed by atoms with Crippen LogP contribution < -0.4 is 15.4 Å². The standard InChI is InChI=1S/C19H30N4O/c1-15-7-5-6-11-23(15)12-10-21-19(20-2)22-14-17-13-16-8-3-4-9-18(16)24-17/h3-4,8-9,15,17H,5-7,10-14H2,1-2H3,(H2,20,21,22). The highest BCUT2D eigenvalue weighted by Gasteiger charge is 2.22. The molecule has 0 radical (unpaired) electrons. The molecule has 1 fully saturated rings. The highest BCUT2D eigenvalue weighted by Crippen LogP contribution is 2.27. The van der Waals surface area contributed by atoms with E-state index in [9.17, 15) is 0 Å². The fraction of sp³-hybridized carbons (Fsp3) is 0.632. The first-order valence-corrected chi connectivity index (χ1v) is 9.19. The highest BCUT2D eigenvalue weighted by atomic mass is 16.5. The second-order valence-corrected chi connectivity index (χ2v) is 6.81. The van der Waals surface area contributed by atoms with Crippen LogP contribution in [0.2, 0.25) is 0 Å². The number of para-hydroxylation sites is 1. The number of fused-ring (bicyclic) bond motifs is 1. The highest BCUT2D eigenvalue weighted by molar-refractivity contribution is 5.79. The van der Waals surface area contributed by atoms with E-state index in [-0.39, 0.29) is 6.10 Å². The quantitative estimate of drug-likeness (QED) is 0.641. The summed E-state index contributed by atoms with van der Waals surface area (Å²) < 4.78 is 5.96. The number of piperidine rings is 1. The molecule has 0 spiro atoms. The molecular weight excluding hydrogens is 300 g/mol. The number of guanidine groups is 1. The molecule has 2 heterocycles. The molecule has 2 unspecified atom stereocenters. The van der Waals surface area contributed by atoms with Crippen LogP contribution >= 0.6 is 0 Å². The molecular formula is C19H30N4O. The summed E-state index contributed by atoms with van der Waals surface area (Å²) in [5.74, 6) is 1.88. The predicted molar refractivity (Wildman–Crippen MR) is 98.8 cm³/mol. The van der Waals surface area contributed by atoms with Gasteiger partial charge in [-0.25, -0.2) is 0 Å². The summed E-state index contributed by atoms with van der Waals surface area (Å²) >= 11 is 0. The Morgan fingerprint density at radius 1 is 1.29 bits per heavy atom. The zero-order valence-corrected chi connectivity index (χ0v) is 14.9. The predicted octanol–water partition coefficient (Wildman–Crippen LogP) is 2.03. The SMILES string of the molecule is CN=C(NCCN1CCCCC1C)NCC1Cc2ccccc2O1. The number of aliphatic imine (C=N–C) groups is 1. The molecule has 0 bridgehead atoms. The molecule has 5 heteroatoms. The van der Waals surface area contributed by atoms with Crippen LogP contribution in [0.5, 0.6) is 5.75 Å². The van der Waals surface area contributed by atoms with Crippen LogP contribution in [-0.2, 0) is 6.42 Å². The van der Waals surface area contributed by atoms with Crippen LogP contribution in [0.3, 0.4) is 0 Å². The Morgan fingerprint density at radius 2 is 2.17 bits per heavy atom. The van der Waals surface area contributed by atoms with Crippen molar-refractivity contribution in [2.24, 2.45) is 4.99 Å². The lowest BCUT2D eigenvalue weighted by molar-refractivity contribution is 0.163. The molecule has 0 saturated carbocycles. The van der Waals surface area contributed by atoms with E-state index in [4.69, 9.17) is 4.74 Å². The number of ether oxygens (including phenoxy) is 1. The summed E-state index contributed by atoms with van der Waals surface area (Å²) in [5, 5.41) is 6.81. The average Bonchev–Trinajstić information content (AvgIpc) is 3.02. The van der Waals surface area contributed by atoms with Crippen molar-refractivity contribution in [2.45, 2.75) is 44.8 Å². The third kappa shape index (κ3) is 4.41. The molecule has 2 aliphatic heterocycles. The van der Waals surface area contributed by atoms with Gasteiger partial charge < -0.3 is 15.4 Å². The lowest BCUT2D eigenvalue weighted by Gasteiger charge is -2.33. The Bertz CT molecular complexity index is 535. The topological polar surface area (TPSA) is 48.9 Å². The normalized spacial score (nSPS) is 24.3. The molecule has 0 amide bonds. The van der Waals surface area contributed by atoms with Gasteiger partial charge in [0.05, 0.1) is 6.54 Å². The third-order valence-electron chi connectivity index (χ3n) is 5.07. The van der Waals surface area contributed by atoms with E-state index in [1.54, 1.807) is 0 Å². The number of nitrogens with one attached hydrogen (secondary N) is 2. The Hall–Kier alpha value is -1.75. The number of nitrogens with zero attached hydrogens (tertiary/aromatic N) is 2. The van der Waals surface area contributed by atoms with E-state index < -0.39 is 0 Å². The minimum atomic E-state index is 0.183. The molecule has 24 heavy (non-hydrogen) atoms. The Balaban J connectivity index is 1.37. The summed E-state index contributed by atoms with van der Waals surface area (Å²) in [6, 6.07) is 8.99. The minimum Gasteiger partial charge on any atom is -0.488 e. The summed E-state index contributed by atoms with van der Waals surface area (Å²) in [4.78, 5) is 6.89. The Labute approximate surface area is 145 Å². The number of benzene rings is 1. The molecule has 1 aromatic carbocycles. The van der Waals surface area contributed by atoms with E-state index in [2.05, 4.69) is 39.6 Å². The van der Waals surface area contributed by atoms with Crippen LogP contribution in [0.25, 0.3) is 0 Å². The van der Waals surface area contributed by atoms with Gasteiger partial charge in [-0.05, 0) is 37.9 Å². The Kier molecular flexibility index (Phi) is 5.96. The van der Waals surface area contributed by atoms with E-state index in [1.165, 1.54) is 31.4 Å². The second-order valence-electron chi connectivity index (χ2n) is 6.81.